The average molecular weight is 323 g/mol. The molecule has 2 aromatic rings. The molecule has 0 atom stereocenters. The highest BCUT2D eigenvalue weighted by atomic mass is 32.2. The van der Waals surface area contributed by atoms with Crippen molar-refractivity contribution in [1.82, 2.24) is 4.37 Å². The van der Waals surface area contributed by atoms with E-state index in [1.165, 1.54) is 0 Å². The zero-order valence-corrected chi connectivity index (χ0v) is 13.3. The van der Waals surface area contributed by atoms with Crippen LogP contribution in [0.4, 0.5) is 10.8 Å². The first-order chi connectivity index (χ1) is 10.00. The van der Waals surface area contributed by atoms with E-state index in [0.29, 0.717) is 11.5 Å². The smallest absolute Gasteiger partial charge is 0.187 e. The summed E-state index contributed by atoms with van der Waals surface area (Å²) in [4.78, 5) is 2.12. The SMILES string of the molecule is CN(Cc1ccccc1)c1snc(N)c1S(=O)(=O)C1CC1. The van der Waals surface area contributed by atoms with Crippen LogP contribution >= 0.6 is 11.5 Å². The Morgan fingerprint density at radius 3 is 2.62 bits per heavy atom. The molecule has 1 aliphatic carbocycles. The highest BCUT2D eigenvalue weighted by molar-refractivity contribution is 7.92. The lowest BCUT2D eigenvalue weighted by atomic mass is 10.2. The van der Waals surface area contributed by atoms with Gasteiger partial charge in [-0.3, -0.25) is 0 Å². The highest BCUT2D eigenvalue weighted by Gasteiger charge is 2.41. The Hall–Kier alpha value is -1.60. The molecule has 0 aliphatic heterocycles. The minimum atomic E-state index is -3.34. The van der Waals surface area contributed by atoms with Crippen LogP contribution in [0.2, 0.25) is 0 Å². The van der Waals surface area contributed by atoms with E-state index in [1.54, 1.807) is 0 Å². The summed E-state index contributed by atoms with van der Waals surface area (Å²) in [7, 11) is -1.47. The van der Waals surface area contributed by atoms with Crippen molar-refractivity contribution in [2.45, 2.75) is 29.5 Å². The first-order valence-corrected chi connectivity index (χ1v) is 9.06. The quantitative estimate of drug-likeness (QED) is 0.913. The van der Waals surface area contributed by atoms with Crippen molar-refractivity contribution < 1.29 is 8.42 Å². The Morgan fingerprint density at radius 2 is 2.00 bits per heavy atom. The molecule has 1 aliphatic rings. The molecular weight excluding hydrogens is 306 g/mol. The summed E-state index contributed by atoms with van der Waals surface area (Å²) in [5, 5.41) is 0.350. The van der Waals surface area contributed by atoms with Crippen LogP contribution < -0.4 is 10.6 Å². The number of rotatable bonds is 5. The van der Waals surface area contributed by atoms with Gasteiger partial charge >= 0.3 is 0 Å². The normalized spacial score (nSPS) is 15.1. The molecule has 5 nitrogen and oxygen atoms in total. The highest BCUT2D eigenvalue weighted by Crippen LogP contribution is 2.42. The van der Waals surface area contributed by atoms with Crippen LogP contribution in [0.5, 0.6) is 0 Å². The zero-order chi connectivity index (χ0) is 15.0. The van der Waals surface area contributed by atoms with Gasteiger partial charge in [0.1, 0.15) is 9.90 Å². The van der Waals surface area contributed by atoms with Gasteiger partial charge in [-0.05, 0) is 29.9 Å². The fourth-order valence-corrected chi connectivity index (χ4v) is 5.28. The monoisotopic (exact) mass is 323 g/mol. The lowest BCUT2D eigenvalue weighted by molar-refractivity contribution is 0.595. The van der Waals surface area contributed by atoms with E-state index < -0.39 is 9.84 Å². The summed E-state index contributed by atoms with van der Waals surface area (Å²) in [5.41, 5.74) is 6.93. The standard InChI is InChI=1S/C14H17N3O2S2/c1-17(9-10-5-3-2-4-6-10)14-12(13(15)16-20-14)21(18,19)11-7-8-11/h2-6,11H,7-9H2,1H3,(H2,15,16). The third-order valence-corrected chi connectivity index (χ3v) is 6.94. The number of aromatic nitrogens is 1. The number of sulfone groups is 1. The minimum Gasteiger partial charge on any atom is -0.382 e. The van der Waals surface area contributed by atoms with E-state index in [1.807, 2.05) is 42.3 Å². The maximum atomic E-state index is 12.5. The molecule has 0 amide bonds. The molecule has 0 saturated heterocycles. The number of hydrogen-bond donors (Lipinski definition) is 1. The molecule has 0 radical (unpaired) electrons. The maximum absolute atomic E-state index is 12.5. The van der Waals surface area contributed by atoms with E-state index >= 15 is 0 Å². The minimum absolute atomic E-state index is 0.127. The molecule has 1 saturated carbocycles. The van der Waals surface area contributed by atoms with Crippen molar-refractivity contribution in [2.75, 3.05) is 17.7 Å². The van der Waals surface area contributed by atoms with E-state index in [2.05, 4.69) is 4.37 Å². The summed E-state index contributed by atoms with van der Waals surface area (Å²) in [6.45, 7) is 0.621. The van der Waals surface area contributed by atoms with Gasteiger partial charge in [0.2, 0.25) is 0 Å². The van der Waals surface area contributed by atoms with Crippen LogP contribution in [-0.2, 0) is 16.4 Å². The van der Waals surface area contributed by atoms with Gasteiger partial charge in [0.05, 0.1) is 5.25 Å². The van der Waals surface area contributed by atoms with Crippen LogP contribution in [0.3, 0.4) is 0 Å². The van der Waals surface area contributed by atoms with Crippen molar-refractivity contribution >= 4 is 32.2 Å². The summed E-state index contributed by atoms with van der Waals surface area (Å²) in [5.74, 6) is 0.127. The van der Waals surface area contributed by atoms with Crippen molar-refractivity contribution in [2.24, 2.45) is 0 Å². The topological polar surface area (TPSA) is 76.3 Å². The largest absolute Gasteiger partial charge is 0.382 e. The van der Waals surface area contributed by atoms with Gasteiger partial charge in [0, 0.05) is 13.6 Å². The molecule has 7 heteroatoms. The van der Waals surface area contributed by atoms with Crippen LogP contribution in [0.25, 0.3) is 0 Å². The summed E-state index contributed by atoms with van der Waals surface area (Å²) < 4.78 is 29.1. The molecule has 3 rings (SSSR count). The van der Waals surface area contributed by atoms with E-state index in [4.69, 9.17) is 5.73 Å². The third kappa shape index (κ3) is 2.75. The number of nitrogen functional groups attached to an aromatic ring is 1. The molecule has 0 spiro atoms. The van der Waals surface area contributed by atoms with Crippen molar-refractivity contribution in [3.05, 3.63) is 35.9 Å². The first kappa shape index (κ1) is 14.3. The summed E-state index contributed by atoms with van der Waals surface area (Å²) in [6.07, 6.45) is 1.44. The molecule has 1 heterocycles. The summed E-state index contributed by atoms with van der Waals surface area (Å²) >= 11 is 1.15. The van der Waals surface area contributed by atoms with Gasteiger partial charge in [-0.2, -0.15) is 4.37 Å². The number of nitrogens with zero attached hydrogens (tertiary/aromatic N) is 2. The number of benzene rings is 1. The first-order valence-electron chi connectivity index (χ1n) is 6.74. The Bertz CT molecular complexity index is 737. The van der Waals surface area contributed by atoms with Crippen LogP contribution in [0.1, 0.15) is 18.4 Å². The van der Waals surface area contributed by atoms with E-state index in [9.17, 15) is 8.42 Å². The molecule has 1 aromatic carbocycles. The van der Waals surface area contributed by atoms with Gasteiger partial charge in [0.15, 0.2) is 15.7 Å². The van der Waals surface area contributed by atoms with E-state index in [0.717, 1.165) is 29.9 Å². The molecular formula is C14H17N3O2S2. The summed E-state index contributed by atoms with van der Waals surface area (Å²) in [6, 6.07) is 9.90. The second-order valence-corrected chi connectivity index (χ2v) is 8.20. The Kier molecular flexibility index (Phi) is 3.62. The van der Waals surface area contributed by atoms with Crippen LogP contribution in [0.15, 0.2) is 35.2 Å². The fraction of sp³-hybridized carbons (Fsp3) is 0.357. The fourth-order valence-electron chi connectivity index (χ4n) is 2.27. The average Bonchev–Trinajstić information content (AvgIpc) is 3.23. The molecule has 0 unspecified atom stereocenters. The molecule has 2 N–H and O–H groups in total. The second-order valence-electron chi connectivity index (χ2n) is 5.29. The molecule has 112 valence electrons. The molecule has 1 aromatic heterocycles. The number of nitrogens with two attached hydrogens (primary N) is 1. The van der Waals surface area contributed by atoms with Crippen molar-refractivity contribution in [1.29, 1.82) is 0 Å². The Balaban J connectivity index is 1.92. The van der Waals surface area contributed by atoms with Gasteiger partial charge < -0.3 is 10.6 Å². The third-order valence-electron chi connectivity index (χ3n) is 3.51. The van der Waals surface area contributed by atoms with Crippen LogP contribution in [0, 0.1) is 0 Å². The number of hydrogen-bond acceptors (Lipinski definition) is 6. The van der Waals surface area contributed by atoms with E-state index in [-0.39, 0.29) is 16.0 Å². The lowest BCUT2D eigenvalue weighted by Crippen LogP contribution is -2.19. The predicted molar refractivity (Wildman–Crippen MR) is 85.3 cm³/mol. The second kappa shape index (κ2) is 5.31. The Morgan fingerprint density at radius 1 is 1.33 bits per heavy atom. The van der Waals surface area contributed by atoms with Gasteiger partial charge in [-0.1, -0.05) is 30.3 Å². The Labute approximate surface area is 128 Å². The predicted octanol–water partition coefficient (Wildman–Crippen LogP) is 2.30. The lowest BCUT2D eigenvalue weighted by Gasteiger charge is -2.18. The molecule has 0 bridgehead atoms. The van der Waals surface area contributed by atoms with Crippen LogP contribution in [-0.4, -0.2) is 25.1 Å². The molecule has 21 heavy (non-hydrogen) atoms. The zero-order valence-electron chi connectivity index (χ0n) is 11.7. The molecule has 1 fully saturated rings. The maximum Gasteiger partial charge on any atom is 0.187 e. The van der Waals surface area contributed by atoms with Gasteiger partial charge in [-0.25, -0.2) is 8.42 Å². The van der Waals surface area contributed by atoms with Gasteiger partial charge in [-0.15, -0.1) is 0 Å². The van der Waals surface area contributed by atoms with Gasteiger partial charge in [0.25, 0.3) is 0 Å². The number of anilines is 2. The van der Waals surface area contributed by atoms with Crippen molar-refractivity contribution in [3.63, 3.8) is 0 Å². The van der Waals surface area contributed by atoms with Crippen molar-refractivity contribution in [3.8, 4) is 0 Å².